The first-order valence-electron chi connectivity index (χ1n) is 19.3. The van der Waals surface area contributed by atoms with Crippen molar-refractivity contribution in [1.82, 2.24) is 9.71 Å². The van der Waals surface area contributed by atoms with E-state index >= 15 is 0 Å². The number of ketones is 1. The average molecular weight is 963 g/mol. The van der Waals surface area contributed by atoms with Crippen LogP contribution in [-0.2, 0) is 45.0 Å². The van der Waals surface area contributed by atoms with E-state index in [9.17, 15) is 43.9 Å². The van der Waals surface area contributed by atoms with Crippen molar-refractivity contribution in [2.75, 3.05) is 5.32 Å². The van der Waals surface area contributed by atoms with Crippen LogP contribution in [0.2, 0.25) is 0 Å². The molecule has 0 unspecified atom stereocenters. The number of rotatable bonds is 12. The minimum absolute atomic E-state index is 0.0102. The molecule has 0 bridgehead atoms. The van der Waals surface area contributed by atoms with Gasteiger partial charge in [0.2, 0.25) is 0 Å². The molecular formula is C43H38N4O14S4. The van der Waals surface area contributed by atoms with Crippen LogP contribution in [0.15, 0.2) is 120 Å². The molecule has 1 aliphatic heterocycles. The molecule has 6 aromatic rings. The van der Waals surface area contributed by atoms with Crippen molar-refractivity contribution in [3.8, 4) is 22.6 Å². The van der Waals surface area contributed by atoms with Crippen LogP contribution in [0.5, 0.6) is 11.5 Å². The number of pyridine rings is 1. The number of H-pyrrole nitrogens is 1. The number of hydrogen-bond acceptors (Lipinski definition) is 15. The summed E-state index contributed by atoms with van der Waals surface area (Å²) in [6, 6.07) is 20.8. The van der Waals surface area contributed by atoms with Gasteiger partial charge in [-0.1, -0.05) is 82.1 Å². The van der Waals surface area contributed by atoms with Crippen molar-refractivity contribution in [1.29, 1.82) is 0 Å². The zero-order valence-electron chi connectivity index (χ0n) is 34.8. The standard InChI is InChI=1S/C43H38N4O14S4/c1-42(2,3)21-43(4,5)22-14-17-29(33(18-22)65(56,57)58)59-30-20-28(44-26-16-15-23(64(53,54)55)19-31(26)62-61-60-50)35-36-34(24-10-6-7-11-25(24)39(35)48)37(41(49)46-38(30)36)40-45-27-12-8-9-13-32(27)63(51,52)47-40/h6-20,44,50H,21H2,1-5H3,(H,45,47)(H,46,49)(H,53,54,55)(H,56,57,58). The lowest BCUT2D eigenvalue weighted by Crippen LogP contribution is -2.38. The minimum atomic E-state index is -5.01. The smallest absolute Gasteiger partial charge is 0.298 e. The summed E-state index contributed by atoms with van der Waals surface area (Å²) < 4.78 is 112. The maximum Gasteiger partial charge on any atom is 0.298 e. The van der Waals surface area contributed by atoms with Gasteiger partial charge in [-0.05, 0) is 70.8 Å². The highest BCUT2D eigenvalue weighted by molar-refractivity contribution is 7.94. The molecule has 0 fully saturated rings. The Morgan fingerprint density at radius 1 is 0.785 bits per heavy atom. The molecule has 65 heavy (non-hydrogen) atoms. The third-order valence-electron chi connectivity index (χ3n) is 10.6. The Kier molecular flexibility index (Phi) is 11.4. The molecule has 1 aromatic heterocycles. The molecule has 18 nitrogen and oxygen atoms in total. The first-order valence-corrected chi connectivity index (χ1v) is 24.4. The molecule has 22 heteroatoms. The first kappa shape index (κ1) is 45.6. The molecule has 1 aliphatic carbocycles. The first-order chi connectivity index (χ1) is 30.4. The van der Waals surface area contributed by atoms with Gasteiger partial charge in [0, 0.05) is 22.6 Å². The van der Waals surface area contributed by atoms with Gasteiger partial charge in [-0.25, -0.2) is 18.7 Å². The number of ether oxygens (including phenoxy) is 1. The van der Waals surface area contributed by atoms with Gasteiger partial charge in [0.05, 0.1) is 55.5 Å². The quantitative estimate of drug-likeness (QED) is 0.0291. The van der Waals surface area contributed by atoms with Crippen LogP contribution in [0.25, 0.3) is 22.0 Å². The second kappa shape index (κ2) is 16.2. The largest absolute Gasteiger partial charge is 0.454 e. The van der Waals surface area contributed by atoms with Gasteiger partial charge in [0.1, 0.15) is 15.5 Å². The highest BCUT2D eigenvalue weighted by atomic mass is 32.2. The summed E-state index contributed by atoms with van der Waals surface area (Å²) in [6.07, 6.45) is 0.613. The predicted octanol–water partition coefficient (Wildman–Crippen LogP) is 8.28. The Bertz CT molecular complexity index is 3450. The third-order valence-corrected chi connectivity index (χ3v) is 14.4. The Hall–Kier alpha value is -5.95. The van der Waals surface area contributed by atoms with Crippen molar-refractivity contribution >= 4 is 81.9 Å². The van der Waals surface area contributed by atoms with Gasteiger partial charge in [0.15, 0.2) is 17.4 Å². The highest BCUT2D eigenvalue weighted by Crippen LogP contribution is 2.49. The van der Waals surface area contributed by atoms with Crippen molar-refractivity contribution in [3.63, 3.8) is 0 Å². The molecule has 0 spiro atoms. The number of para-hydroxylation sites is 1. The van der Waals surface area contributed by atoms with Crippen LogP contribution >= 0.6 is 12.0 Å². The summed E-state index contributed by atoms with van der Waals surface area (Å²) in [4.78, 5) is 35.2. The van der Waals surface area contributed by atoms with Gasteiger partial charge in [0.25, 0.3) is 35.8 Å². The van der Waals surface area contributed by atoms with Crippen molar-refractivity contribution in [2.45, 2.75) is 66.0 Å². The monoisotopic (exact) mass is 962 g/mol. The number of carbonyl (C=O) groups is 1. The lowest BCUT2D eigenvalue weighted by atomic mass is 9.72. The topological polar surface area (TPSA) is 277 Å². The van der Waals surface area contributed by atoms with Crippen LogP contribution < -0.4 is 20.3 Å². The van der Waals surface area contributed by atoms with E-state index in [4.69, 9.17) is 9.99 Å². The number of hydrogen-bond donors (Lipinski definition) is 6. The van der Waals surface area contributed by atoms with Gasteiger partial charge >= 0.3 is 0 Å². The molecule has 0 saturated heterocycles. The van der Waals surface area contributed by atoms with Gasteiger partial charge in [-0.15, -0.1) is 4.33 Å². The minimum Gasteiger partial charge on any atom is -0.454 e. The molecule has 0 atom stereocenters. The van der Waals surface area contributed by atoms with Crippen molar-refractivity contribution in [2.24, 2.45) is 10.4 Å². The molecule has 338 valence electrons. The number of aromatic nitrogens is 1. The molecule has 0 saturated carbocycles. The Balaban J connectivity index is 1.45. The summed E-state index contributed by atoms with van der Waals surface area (Å²) in [6.45, 7) is 9.93. The molecule has 6 N–H and O–H groups in total. The summed E-state index contributed by atoms with van der Waals surface area (Å²) in [7, 11) is -14.1. The number of aromatic amines is 1. The van der Waals surface area contributed by atoms with Gasteiger partial charge < -0.3 is 15.0 Å². The lowest BCUT2D eigenvalue weighted by molar-refractivity contribution is -0.432. The summed E-state index contributed by atoms with van der Waals surface area (Å²) in [5, 5.41) is 15.7. The number of anilines is 2. The summed E-state index contributed by atoms with van der Waals surface area (Å²) >= 11 is 0.306. The number of nitrogens with one attached hydrogen (secondary N) is 3. The zero-order valence-corrected chi connectivity index (χ0v) is 38.0. The second-order valence-corrected chi connectivity index (χ2v) is 22.2. The fraction of sp³-hybridized carbons (Fsp3) is 0.186. The van der Waals surface area contributed by atoms with Gasteiger partial charge in [-0.2, -0.15) is 16.8 Å². The number of sulfonamides is 1. The number of nitrogens with zero attached hydrogens (tertiary/aromatic N) is 1. The molecule has 5 aromatic carbocycles. The van der Waals surface area contributed by atoms with E-state index in [2.05, 4.69) is 29.4 Å². The SMILES string of the molecule is CC(C)(C)CC(C)(C)c1ccc(Oc2cc(Nc3ccc(S(=O)(=O)O)cc3SOOO)c3c4c(c(C5=Nc6ccccc6S(=O)(=O)N5)c(=O)[nH]c24)-c2ccccc2C3=O)c(S(=O)(=O)O)c1. The van der Waals surface area contributed by atoms with E-state index < -0.39 is 56.8 Å². The Morgan fingerprint density at radius 3 is 2.15 bits per heavy atom. The fourth-order valence-electron chi connectivity index (χ4n) is 8.39. The number of amidine groups is 1. The zero-order chi connectivity index (χ0) is 47.0. The molecule has 2 aliphatic rings. The van der Waals surface area contributed by atoms with E-state index in [1.165, 1.54) is 48.5 Å². The van der Waals surface area contributed by atoms with Crippen LogP contribution in [0.4, 0.5) is 17.1 Å². The number of carbonyl (C=O) groups excluding carboxylic acids is 1. The summed E-state index contributed by atoms with van der Waals surface area (Å²) in [5.41, 5.74) is -1.55. The Morgan fingerprint density at radius 2 is 1.48 bits per heavy atom. The van der Waals surface area contributed by atoms with Crippen LogP contribution in [0, 0.1) is 5.41 Å². The van der Waals surface area contributed by atoms with Crippen molar-refractivity contribution < 1.29 is 58.5 Å². The maximum absolute atomic E-state index is 14.9. The number of fused-ring (bicyclic) bond motifs is 3. The fourth-order valence-corrected chi connectivity index (χ4v) is 11.3. The predicted molar refractivity (Wildman–Crippen MR) is 240 cm³/mol. The maximum atomic E-state index is 14.9. The second-order valence-electron chi connectivity index (χ2n) is 17.0. The molecule has 0 radical (unpaired) electrons. The highest BCUT2D eigenvalue weighted by Gasteiger charge is 2.37. The summed E-state index contributed by atoms with van der Waals surface area (Å²) in [5.74, 6) is -1.68. The van der Waals surface area contributed by atoms with Crippen LogP contribution in [0.3, 0.4) is 0 Å². The number of benzene rings is 5. The molecule has 8 rings (SSSR count). The van der Waals surface area contributed by atoms with E-state index in [1.54, 1.807) is 30.3 Å². The molecule has 0 amide bonds. The third kappa shape index (κ3) is 8.67. The van der Waals surface area contributed by atoms with Gasteiger partial charge in [-0.3, -0.25) is 23.4 Å². The molecular weight excluding hydrogens is 925 g/mol. The van der Waals surface area contributed by atoms with Crippen LogP contribution in [-0.4, -0.2) is 56.2 Å². The normalized spacial score (nSPS) is 14.6. The average Bonchev–Trinajstić information content (AvgIpc) is 3.21. The number of aliphatic imine (C=N–C) groups is 1. The van der Waals surface area contributed by atoms with E-state index in [1.807, 2.05) is 34.6 Å². The lowest BCUT2D eigenvalue weighted by Gasteiger charge is -2.33. The van der Waals surface area contributed by atoms with E-state index in [0.29, 0.717) is 24.0 Å². The Labute approximate surface area is 376 Å². The van der Waals surface area contributed by atoms with Crippen LogP contribution in [0.1, 0.15) is 68.1 Å². The van der Waals surface area contributed by atoms with Crippen molar-refractivity contribution in [3.05, 3.63) is 124 Å². The molecule has 2 heterocycles. The van der Waals surface area contributed by atoms with E-state index in [-0.39, 0.29) is 88.3 Å². The van der Waals surface area contributed by atoms with E-state index in [0.717, 1.165) is 12.1 Å².